The summed E-state index contributed by atoms with van der Waals surface area (Å²) in [5, 5.41) is 9.88. The summed E-state index contributed by atoms with van der Waals surface area (Å²) in [4.78, 5) is 18.0. The molecule has 5 nitrogen and oxygen atoms in total. The van der Waals surface area contributed by atoms with Crippen LogP contribution in [0.2, 0.25) is 0 Å². The zero-order valence-corrected chi connectivity index (χ0v) is 10.9. The third kappa shape index (κ3) is 2.46. The number of imidazole rings is 1. The van der Waals surface area contributed by atoms with Gasteiger partial charge in [-0.3, -0.25) is 4.79 Å². The number of pyridine rings is 1. The van der Waals surface area contributed by atoms with Crippen LogP contribution in [0.3, 0.4) is 0 Å². The van der Waals surface area contributed by atoms with Gasteiger partial charge in [-0.05, 0) is 30.9 Å². The summed E-state index contributed by atoms with van der Waals surface area (Å²) in [6.45, 7) is 0.392. The van der Waals surface area contributed by atoms with Crippen molar-refractivity contribution >= 4 is 11.6 Å². The van der Waals surface area contributed by atoms with Crippen LogP contribution in [0.5, 0.6) is 0 Å². The molecule has 1 atom stereocenters. The fourth-order valence-electron chi connectivity index (χ4n) is 2.26. The summed E-state index contributed by atoms with van der Waals surface area (Å²) in [6, 6.07) is 3.54. The summed E-state index contributed by atoms with van der Waals surface area (Å²) in [6.07, 6.45) is 7.10. The molecule has 3 rings (SSSR count). The number of amides is 1. The van der Waals surface area contributed by atoms with Gasteiger partial charge >= 0.3 is 0 Å². The number of carbonyl (C=O) groups excluding carboxylic acids is 1. The molecule has 1 aliphatic rings. The van der Waals surface area contributed by atoms with Gasteiger partial charge in [0, 0.05) is 37.7 Å². The van der Waals surface area contributed by atoms with Gasteiger partial charge in [-0.2, -0.15) is 0 Å². The lowest BCUT2D eigenvalue weighted by Crippen LogP contribution is -2.35. The molecule has 100 valence electrons. The molecule has 2 aromatic rings. The lowest BCUT2D eigenvalue weighted by Gasteiger charge is -2.20. The lowest BCUT2D eigenvalue weighted by atomic mass is 10.2. The first kappa shape index (κ1) is 12.2. The second-order valence-corrected chi connectivity index (χ2v) is 5.20. The van der Waals surface area contributed by atoms with Crippen molar-refractivity contribution in [3.05, 3.63) is 36.3 Å². The Kier molecular flexibility index (Phi) is 2.98. The van der Waals surface area contributed by atoms with Crippen molar-refractivity contribution in [2.24, 2.45) is 5.92 Å². The Morgan fingerprint density at radius 3 is 3.11 bits per heavy atom. The first-order valence-electron chi connectivity index (χ1n) is 6.51. The second kappa shape index (κ2) is 4.66. The summed E-state index contributed by atoms with van der Waals surface area (Å²) in [5.74, 6) is 0.301. The van der Waals surface area contributed by atoms with E-state index in [-0.39, 0.29) is 5.91 Å². The molecule has 2 heterocycles. The molecule has 19 heavy (non-hydrogen) atoms. The number of aliphatic hydroxyl groups is 1. The third-order valence-corrected chi connectivity index (χ3v) is 3.62. The lowest BCUT2D eigenvalue weighted by molar-refractivity contribution is 0.0645. The monoisotopic (exact) mass is 259 g/mol. The van der Waals surface area contributed by atoms with Gasteiger partial charge in [0.2, 0.25) is 0 Å². The standard InChI is InChI=1S/C14H17N3O2/c1-16(9-12(18)10-2-3-10)14(19)11-4-6-17-7-5-15-13(17)8-11/h4-8,10,12,18H,2-3,9H2,1H3. The van der Waals surface area contributed by atoms with Gasteiger partial charge in [0.05, 0.1) is 6.10 Å². The van der Waals surface area contributed by atoms with Crippen LogP contribution in [0, 0.1) is 5.92 Å². The minimum atomic E-state index is -0.399. The van der Waals surface area contributed by atoms with Crippen LogP contribution < -0.4 is 0 Å². The van der Waals surface area contributed by atoms with Gasteiger partial charge in [0.15, 0.2) is 0 Å². The van der Waals surface area contributed by atoms with E-state index in [1.165, 1.54) is 0 Å². The van der Waals surface area contributed by atoms with Gasteiger partial charge in [-0.1, -0.05) is 0 Å². The van der Waals surface area contributed by atoms with Gasteiger partial charge < -0.3 is 14.4 Å². The predicted molar refractivity (Wildman–Crippen MR) is 70.9 cm³/mol. The molecule has 5 heteroatoms. The van der Waals surface area contributed by atoms with Crippen LogP contribution in [-0.4, -0.2) is 45.0 Å². The quantitative estimate of drug-likeness (QED) is 0.897. The molecule has 0 aliphatic heterocycles. The summed E-state index contributed by atoms with van der Waals surface area (Å²) < 4.78 is 1.86. The minimum Gasteiger partial charge on any atom is -0.391 e. The fourth-order valence-corrected chi connectivity index (χ4v) is 2.26. The third-order valence-electron chi connectivity index (χ3n) is 3.62. The average Bonchev–Trinajstić information content (AvgIpc) is 3.15. The van der Waals surface area contributed by atoms with Crippen molar-refractivity contribution in [2.45, 2.75) is 18.9 Å². The molecule has 1 N–H and O–H groups in total. The molecule has 0 spiro atoms. The molecule has 1 fully saturated rings. The van der Waals surface area contributed by atoms with Crippen LogP contribution in [-0.2, 0) is 0 Å². The molecular weight excluding hydrogens is 242 g/mol. The first-order valence-corrected chi connectivity index (χ1v) is 6.51. The smallest absolute Gasteiger partial charge is 0.253 e. The Morgan fingerprint density at radius 2 is 2.37 bits per heavy atom. The Morgan fingerprint density at radius 1 is 1.58 bits per heavy atom. The van der Waals surface area contributed by atoms with E-state index in [0.29, 0.717) is 18.0 Å². The van der Waals surface area contributed by atoms with Gasteiger partial charge in [0.1, 0.15) is 5.65 Å². The topological polar surface area (TPSA) is 57.8 Å². The molecule has 1 amide bonds. The molecule has 2 aromatic heterocycles. The fraction of sp³-hybridized carbons (Fsp3) is 0.429. The average molecular weight is 259 g/mol. The maximum atomic E-state index is 12.3. The largest absolute Gasteiger partial charge is 0.391 e. The van der Waals surface area contributed by atoms with Crippen LogP contribution in [0.4, 0.5) is 0 Å². The maximum Gasteiger partial charge on any atom is 0.253 e. The highest BCUT2D eigenvalue weighted by molar-refractivity contribution is 5.94. The molecular formula is C14H17N3O2. The van der Waals surface area contributed by atoms with E-state index in [4.69, 9.17) is 0 Å². The number of nitrogens with zero attached hydrogens (tertiary/aromatic N) is 3. The maximum absolute atomic E-state index is 12.3. The van der Waals surface area contributed by atoms with Crippen LogP contribution in [0.15, 0.2) is 30.7 Å². The van der Waals surface area contributed by atoms with Crippen molar-refractivity contribution in [2.75, 3.05) is 13.6 Å². The van der Waals surface area contributed by atoms with Crippen molar-refractivity contribution in [1.29, 1.82) is 0 Å². The Hall–Kier alpha value is -1.88. The SMILES string of the molecule is CN(CC(O)C1CC1)C(=O)c1ccn2ccnc2c1. The van der Waals surface area contributed by atoms with Crippen molar-refractivity contribution in [1.82, 2.24) is 14.3 Å². The number of aliphatic hydroxyl groups excluding tert-OH is 1. The summed E-state index contributed by atoms with van der Waals surface area (Å²) in [5.41, 5.74) is 1.35. The number of hydrogen-bond acceptors (Lipinski definition) is 3. The number of aromatic nitrogens is 2. The number of likely N-dealkylation sites (N-methyl/N-ethyl adjacent to an activating group) is 1. The molecule has 0 saturated heterocycles. The van der Waals surface area contributed by atoms with Gasteiger partial charge in [-0.25, -0.2) is 4.98 Å². The van der Waals surface area contributed by atoms with E-state index in [1.807, 2.05) is 16.8 Å². The van der Waals surface area contributed by atoms with E-state index in [1.54, 1.807) is 30.3 Å². The molecule has 1 aliphatic carbocycles. The van der Waals surface area contributed by atoms with Crippen LogP contribution >= 0.6 is 0 Å². The highest BCUT2D eigenvalue weighted by atomic mass is 16.3. The summed E-state index contributed by atoms with van der Waals surface area (Å²) in [7, 11) is 1.73. The van der Waals surface area contributed by atoms with Crippen LogP contribution in [0.1, 0.15) is 23.2 Å². The normalized spacial score (nSPS) is 16.5. The molecule has 1 saturated carbocycles. The number of fused-ring (bicyclic) bond motifs is 1. The molecule has 0 aromatic carbocycles. The highest BCUT2D eigenvalue weighted by Crippen LogP contribution is 2.32. The second-order valence-electron chi connectivity index (χ2n) is 5.20. The van der Waals surface area contributed by atoms with E-state index < -0.39 is 6.10 Å². The highest BCUT2D eigenvalue weighted by Gasteiger charge is 2.31. The van der Waals surface area contributed by atoms with E-state index in [2.05, 4.69) is 4.98 Å². The number of hydrogen-bond donors (Lipinski definition) is 1. The predicted octanol–water partition coefficient (Wildman–Crippen LogP) is 1.18. The Balaban J connectivity index is 1.74. The van der Waals surface area contributed by atoms with Crippen molar-refractivity contribution < 1.29 is 9.90 Å². The number of carbonyl (C=O) groups is 1. The first-order chi connectivity index (χ1) is 9.15. The van der Waals surface area contributed by atoms with Crippen molar-refractivity contribution in [3.63, 3.8) is 0 Å². The Labute approximate surface area is 111 Å². The van der Waals surface area contributed by atoms with Crippen molar-refractivity contribution in [3.8, 4) is 0 Å². The van der Waals surface area contributed by atoms with E-state index in [9.17, 15) is 9.90 Å². The molecule has 1 unspecified atom stereocenters. The summed E-state index contributed by atoms with van der Waals surface area (Å²) >= 11 is 0. The van der Waals surface area contributed by atoms with E-state index in [0.717, 1.165) is 18.5 Å². The number of rotatable bonds is 4. The van der Waals surface area contributed by atoms with Crippen LogP contribution in [0.25, 0.3) is 5.65 Å². The van der Waals surface area contributed by atoms with E-state index >= 15 is 0 Å². The zero-order valence-electron chi connectivity index (χ0n) is 10.9. The minimum absolute atomic E-state index is 0.0785. The molecule has 0 bridgehead atoms. The van der Waals surface area contributed by atoms with Gasteiger partial charge in [0.25, 0.3) is 5.91 Å². The Bertz CT molecular complexity index is 604. The van der Waals surface area contributed by atoms with Gasteiger partial charge in [-0.15, -0.1) is 0 Å². The molecule has 0 radical (unpaired) electrons. The zero-order chi connectivity index (χ0) is 13.4.